The summed E-state index contributed by atoms with van der Waals surface area (Å²) in [4.78, 5) is 13.7. The standard InChI is InChI=1S/C14H16N4O/c15-8-4-10-18(11-5-9-16)14(19)13(17)12-6-2-1-3-7-12/h1-3,6-7,13H,4-5,10-11,17H2/t13-/m1/s1. The average molecular weight is 256 g/mol. The van der Waals surface area contributed by atoms with Gasteiger partial charge in [-0.25, -0.2) is 0 Å². The van der Waals surface area contributed by atoms with Gasteiger partial charge in [-0.1, -0.05) is 30.3 Å². The summed E-state index contributed by atoms with van der Waals surface area (Å²) in [5.74, 6) is -0.253. The molecular formula is C14H16N4O. The first-order valence-corrected chi connectivity index (χ1v) is 6.04. The molecule has 1 aromatic carbocycles. The lowest BCUT2D eigenvalue weighted by Gasteiger charge is -2.24. The van der Waals surface area contributed by atoms with E-state index in [1.54, 1.807) is 12.1 Å². The zero-order valence-corrected chi connectivity index (χ0v) is 10.6. The number of nitrogens with two attached hydrogens (primary N) is 1. The zero-order chi connectivity index (χ0) is 14.1. The number of carbonyl (C=O) groups excluding carboxylic acids is 1. The summed E-state index contributed by atoms with van der Waals surface area (Å²) in [7, 11) is 0. The summed E-state index contributed by atoms with van der Waals surface area (Å²) in [6, 6.07) is 12.3. The van der Waals surface area contributed by atoms with Crippen LogP contribution in [0.1, 0.15) is 24.4 Å². The second-order valence-corrected chi connectivity index (χ2v) is 4.03. The summed E-state index contributed by atoms with van der Waals surface area (Å²) in [5.41, 5.74) is 6.65. The number of rotatable bonds is 6. The molecular weight excluding hydrogens is 240 g/mol. The van der Waals surface area contributed by atoms with Gasteiger partial charge >= 0.3 is 0 Å². The van der Waals surface area contributed by atoms with E-state index in [-0.39, 0.29) is 18.7 Å². The highest BCUT2D eigenvalue weighted by Crippen LogP contribution is 2.13. The van der Waals surface area contributed by atoms with Gasteiger partial charge < -0.3 is 10.6 Å². The molecule has 5 heteroatoms. The van der Waals surface area contributed by atoms with Crippen molar-refractivity contribution < 1.29 is 4.79 Å². The van der Waals surface area contributed by atoms with Crippen LogP contribution in [0.5, 0.6) is 0 Å². The SMILES string of the molecule is N#CCCN(CCC#N)C(=O)[C@H](N)c1ccccc1. The van der Waals surface area contributed by atoms with Crippen molar-refractivity contribution in [2.45, 2.75) is 18.9 Å². The third-order valence-corrected chi connectivity index (χ3v) is 2.72. The van der Waals surface area contributed by atoms with Gasteiger partial charge in [0.1, 0.15) is 6.04 Å². The molecule has 0 aliphatic carbocycles. The van der Waals surface area contributed by atoms with Gasteiger partial charge in [0.05, 0.1) is 25.0 Å². The third-order valence-electron chi connectivity index (χ3n) is 2.72. The van der Waals surface area contributed by atoms with Crippen molar-refractivity contribution in [3.8, 4) is 12.1 Å². The molecule has 19 heavy (non-hydrogen) atoms. The van der Waals surface area contributed by atoms with Crippen LogP contribution in [0.2, 0.25) is 0 Å². The number of amides is 1. The Morgan fingerprint density at radius 1 is 1.16 bits per heavy atom. The number of benzene rings is 1. The van der Waals surface area contributed by atoms with Crippen LogP contribution >= 0.6 is 0 Å². The molecule has 1 aromatic rings. The van der Waals surface area contributed by atoms with Crippen molar-refractivity contribution in [2.24, 2.45) is 5.73 Å². The molecule has 0 unspecified atom stereocenters. The Morgan fingerprint density at radius 3 is 2.16 bits per heavy atom. The highest BCUT2D eigenvalue weighted by molar-refractivity contribution is 5.83. The molecule has 0 aliphatic rings. The predicted octanol–water partition coefficient (Wildman–Crippen LogP) is 1.34. The quantitative estimate of drug-likeness (QED) is 0.831. The minimum atomic E-state index is -0.751. The molecule has 0 bridgehead atoms. The molecule has 0 heterocycles. The smallest absolute Gasteiger partial charge is 0.244 e. The highest BCUT2D eigenvalue weighted by Gasteiger charge is 2.21. The summed E-state index contributed by atoms with van der Waals surface area (Å²) < 4.78 is 0. The molecule has 0 saturated heterocycles. The van der Waals surface area contributed by atoms with E-state index in [0.29, 0.717) is 13.1 Å². The molecule has 0 aliphatic heterocycles. The summed E-state index contributed by atoms with van der Waals surface area (Å²) in [6.07, 6.45) is 0.470. The molecule has 0 fully saturated rings. The van der Waals surface area contributed by atoms with Gasteiger partial charge in [0.25, 0.3) is 0 Å². The molecule has 1 rings (SSSR count). The monoisotopic (exact) mass is 256 g/mol. The van der Waals surface area contributed by atoms with Gasteiger partial charge in [-0.2, -0.15) is 10.5 Å². The molecule has 0 aromatic heterocycles. The Morgan fingerprint density at radius 2 is 1.68 bits per heavy atom. The highest BCUT2D eigenvalue weighted by atomic mass is 16.2. The minimum Gasteiger partial charge on any atom is -0.339 e. The Hall–Kier alpha value is -2.37. The Bertz CT molecular complexity index is 468. The van der Waals surface area contributed by atoms with Crippen LogP contribution in [0.15, 0.2) is 30.3 Å². The first-order valence-electron chi connectivity index (χ1n) is 6.04. The fourth-order valence-electron chi connectivity index (χ4n) is 1.70. The van der Waals surface area contributed by atoms with Crippen LogP contribution in [0.25, 0.3) is 0 Å². The molecule has 0 radical (unpaired) electrons. The number of nitrogens with zero attached hydrogens (tertiary/aromatic N) is 3. The first kappa shape index (κ1) is 14.7. The number of nitriles is 2. The normalized spacial score (nSPS) is 11.1. The van der Waals surface area contributed by atoms with E-state index in [1.807, 2.05) is 30.3 Å². The minimum absolute atomic E-state index is 0.235. The Balaban J connectivity index is 2.75. The van der Waals surface area contributed by atoms with Gasteiger partial charge in [-0.15, -0.1) is 0 Å². The van der Waals surface area contributed by atoms with E-state index in [9.17, 15) is 4.79 Å². The maximum atomic E-state index is 12.2. The maximum absolute atomic E-state index is 12.2. The molecule has 5 nitrogen and oxygen atoms in total. The van der Waals surface area contributed by atoms with Gasteiger partial charge in [0.2, 0.25) is 5.91 Å². The van der Waals surface area contributed by atoms with E-state index in [0.717, 1.165) is 5.56 Å². The molecule has 1 atom stereocenters. The van der Waals surface area contributed by atoms with Crippen LogP contribution in [0.4, 0.5) is 0 Å². The second-order valence-electron chi connectivity index (χ2n) is 4.03. The van der Waals surface area contributed by atoms with Crippen molar-refractivity contribution >= 4 is 5.91 Å². The average Bonchev–Trinajstić information content (AvgIpc) is 2.47. The maximum Gasteiger partial charge on any atom is 0.244 e. The lowest BCUT2D eigenvalue weighted by Crippen LogP contribution is -2.39. The summed E-state index contributed by atoms with van der Waals surface area (Å²) in [6.45, 7) is 0.606. The van der Waals surface area contributed by atoms with Crippen molar-refractivity contribution in [1.82, 2.24) is 4.90 Å². The van der Waals surface area contributed by atoms with Gasteiger partial charge in [0.15, 0.2) is 0 Å². The van der Waals surface area contributed by atoms with Gasteiger partial charge in [-0.3, -0.25) is 4.79 Å². The Kier molecular flexibility index (Phi) is 6.08. The van der Waals surface area contributed by atoms with E-state index in [4.69, 9.17) is 16.3 Å². The van der Waals surface area contributed by atoms with Crippen molar-refractivity contribution in [3.05, 3.63) is 35.9 Å². The lowest BCUT2D eigenvalue weighted by molar-refractivity contribution is -0.132. The predicted molar refractivity (Wildman–Crippen MR) is 70.4 cm³/mol. The summed E-state index contributed by atoms with van der Waals surface area (Å²) in [5, 5.41) is 17.2. The number of hydrogen-bond acceptors (Lipinski definition) is 4. The van der Waals surface area contributed by atoms with Gasteiger partial charge in [-0.05, 0) is 5.56 Å². The van der Waals surface area contributed by atoms with Crippen LogP contribution in [-0.4, -0.2) is 23.9 Å². The molecule has 0 saturated carbocycles. The van der Waals surface area contributed by atoms with Crippen LogP contribution in [0.3, 0.4) is 0 Å². The third kappa shape index (κ3) is 4.42. The first-order chi connectivity index (χ1) is 9.20. The second kappa shape index (κ2) is 7.86. The van der Waals surface area contributed by atoms with Crippen LogP contribution in [-0.2, 0) is 4.79 Å². The fourth-order valence-corrected chi connectivity index (χ4v) is 1.70. The van der Waals surface area contributed by atoms with E-state index < -0.39 is 6.04 Å². The van der Waals surface area contributed by atoms with Crippen molar-refractivity contribution in [3.63, 3.8) is 0 Å². The zero-order valence-electron chi connectivity index (χ0n) is 10.6. The lowest BCUT2D eigenvalue weighted by atomic mass is 10.1. The molecule has 1 amide bonds. The summed E-state index contributed by atoms with van der Waals surface area (Å²) >= 11 is 0. The number of hydrogen-bond donors (Lipinski definition) is 1. The molecule has 2 N–H and O–H groups in total. The van der Waals surface area contributed by atoms with Crippen molar-refractivity contribution in [2.75, 3.05) is 13.1 Å². The van der Waals surface area contributed by atoms with Gasteiger partial charge in [0, 0.05) is 13.1 Å². The molecule has 98 valence electrons. The Labute approximate surface area is 112 Å². The van der Waals surface area contributed by atoms with E-state index in [2.05, 4.69) is 0 Å². The van der Waals surface area contributed by atoms with Crippen LogP contribution < -0.4 is 5.73 Å². The van der Waals surface area contributed by atoms with E-state index in [1.165, 1.54) is 4.90 Å². The van der Waals surface area contributed by atoms with Crippen molar-refractivity contribution in [1.29, 1.82) is 10.5 Å². The topological polar surface area (TPSA) is 93.9 Å². The van der Waals surface area contributed by atoms with E-state index >= 15 is 0 Å². The fraction of sp³-hybridized carbons (Fsp3) is 0.357. The number of carbonyl (C=O) groups is 1. The molecule has 0 spiro atoms. The van der Waals surface area contributed by atoms with Crippen LogP contribution in [0, 0.1) is 22.7 Å². The largest absolute Gasteiger partial charge is 0.339 e.